The van der Waals surface area contributed by atoms with Gasteiger partial charge < -0.3 is 10.2 Å². The molecule has 1 saturated heterocycles. The Bertz CT molecular complexity index is 434. The highest BCUT2D eigenvalue weighted by atomic mass is 19.1. The van der Waals surface area contributed by atoms with Crippen molar-refractivity contribution in [2.45, 2.75) is 52.6 Å². The molecule has 0 amide bonds. The molecular weight excluding hydrogens is 253 g/mol. The van der Waals surface area contributed by atoms with E-state index >= 15 is 0 Å². The number of hydrogen-bond acceptors (Lipinski definition) is 3. The Labute approximate surface area is 121 Å². The highest BCUT2D eigenvalue weighted by Crippen LogP contribution is 2.26. The minimum Gasteiger partial charge on any atom is -0.351 e. The fourth-order valence-corrected chi connectivity index (χ4v) is 2.72. The molecule has 1 N–H and O–H groups in total. The number of hydrogen-bond donors (Lipinski definition) is 1. The first-order valence-corrected chi connectivity index (χ1v) is 7.70. The lowest BCUT2D eigenvalue weighted by Gasteiger charge is -2.34. The molecule has 0 bridgehead atoms. The first-order valence-electron chi connectivity index (χ1n) is 7.70. The molecule has 0 radical (unpaired) electrons. The van der Waals surface area contributed by atoms with Gasteiger partial charge >= 0.3 is 0 Å². The second kappa shape index (κ2) is 7.02. The van der Waals surface area contributed by atoms with E-state index in [0.29, 0.717) is 29.9 Å². The monoisotopic (exact) mass is 279 g/mol. The molecule has 1 atom stereocenters. The molecule has 0 saturated carbocycles. The first kappa shape index (κ1) is 15.2. The normalized spacial score (nSPS) is 19.6. The van der Waals surface area contributed by atoms with Crippen LogP contribution in [0.5, 0.6) is 0 Å². The molecule has 0 aliphatic carbocycles. The Morgan fingerprint density at radius 3 is 2.95 bits per heavy atom. The van der Waals surface area contributed by atoms with Gasteiger partial charge in [-0.05, 0) is 44.7 Å². The Morgan fingerprint density at radius 1 is 1.45 bits per heavy atom. The quantitative estimate of drug-likeness (QED) is 0.896. The summed E-state index contributed by atoms with van der Waals surface area (Å²) in [6.45, 7) is 8.84. The first-order chi connectivity index (χ1) is 9.59. The van der Waals surface area contributed by atoms with E-state index < -0.39 is 0 Å². The molecule has 4 heteroatoms. The van der Waals surface area contributed by atoms with Crippen molar-refractivity contribution < 1.29 is 4.39 Å². The SMILES string of the molecule is CC(C)CNCc1ccnc(N2CCCCC2C)c1F. The predicted octanol–water partition coefficient (Wildman–Crippen LogP) is 3.35. The highest BCUT2D eigenvalue weighted by molar-refractivity contribution is 5.44. The molecule has 0 aromatic carbocycles. The van der Waals surface area contributed by atoms with Crippen LogP contribution in [0.1, 0.15) is 45.6 Å². The number of nitrogens with one attached hydrogen (secondary N) is 1. The third-order valence-corrected chi connectivity index (χ3v) is 3.89. The molecule has 112 valence electrons. The van der Waals surface area contributed by atoms with Gasteiger partial charge in [0.1, 0.15) is 0 Å². The zero-order valence-electron chi connectivity index (χ0n) is 12.8. The molecule has 1 aromatic rings. The highest BCUT2D eigenvalue weighted by Gasteiger charge is 2.23. The van der Waals surface area contributed by atoms with Crippen LogP contribution in [0.15, 0.2) is 12.3 Å². The second-order valence-corrected chi connectivity index (χ2v) is 6.17. The molecule has 20 heavy (non-hydrogen) atoms. The van der Waals surface area contributed by atoms with Gasteiger partial charge in [0, 0.05) is 30.9 Å². The maximum atomic E-state index is 14.6. The van der Waals surface area contributed by atoms with Crippen LogP contribution in [-0.2, 0) is 6.54 Å². The summed E-state index contributed by atoms with van der Waals surface area (Å²) in [4.78, 5) is 6.40. The van der Waals surface area contributed by atoms with Crippen molar-refractivity contribution in [3.05, 3.63) is 23.6 Å². The van der Waals surface area contributed by atoms with E-state index in [1.165, 1.54) is 6.42 Å². The summed E-state index contributed by atoms with van der Waals surface area (Å²) < 4.78 is 14.6. The van der Waals surface area contributed by atoms with Crippen LogP contribution in [0.4, 0.5) is 10.2 Å². The van der Waals surface area contributed by atoms with Gasteiger partial charge in [0.25, 0.3) is 0 Å². The van der Waals surface area contributed by atoms with Gasteiger partial charge in [-0.25, -0.2) is 9.37 Å². The number of nitrogens with zero attached hydrogens (tertiary/aromatic N) is 2. The van der Waals surface area contributed by atoms with Crippen molar-refractivity contribution in [2.24, 2.45) is 5.92 Å². The maximum Gasteiger partial charge on any atom is 0.170 e. The largest absolute Gasteiger partial charge is 0.351 e. The van der Waals surface area contributed by atoms with Gasteiger partial charge in [-0.3, -0.25) is 0 Å². The summed E-state index contributed by atoms with van der Waals surface area (Å²) in [5.41, 5.74) is 0.716. The summed E-state index contributed by atoms with van der Waals surface area (Å²) in [5, 5.41) is 3.30. The number of piperidine rings is 1. The zero-order chi connectivity index (χ0) is 14.5. The molecule has 1 aromatic heterocycles. The smallest absolute Gasteiger partial charge is 0.170 e. The number of rotatable bonds is 5. The van der Waals surface area contributed by atoms with Crippen LogP contribution in [0.25, 0.3) is 0 Å². The van der Waals surface area contributed by atoms with Gasteiger partial charge in [-0.2, -0.15) is 0 Å². The number of pyridine rings is 1. The second-order valence-electron chi connectivity index (χ2n) is 6.17. The van der Waals surface area contributed by atoms with Crippen LogP contribution >= 0.6 is 0 Å². The van der Waals surface area contributed by atoms with Crippen molar-refractivity contribution >= 4 is 5.82 Å². The maximum absolute atomic E-state index is 14.6. The third-order valence-electron chi connectivity index (χ3n) is 3.89. The van der Waals surface area contributed by atoms with Crippen molar-refractivity contribution in [2.75, 3.05) is 18.0 Å². The molecule has 0 spiro atoms. The molecule has 1 aliphatic heterocycles. The Hall–Kier alpha value is -1.16. The van der Waals surface area contributed by atoms with E-state index in [0.717, 1.165) is 25.9 Å². The standard InChI is InChI=1S/C16H26FN3/c1-12(2)10-18-11-14-7-8-19-16(15(14)17)20-9-5-4-6-13(20)3/h7-8,12-13,18H,4-6,9-11H2,1-3H3. The fraction of sp³-hybridized carbons (Fsp3) is 0.688. The van der Waals surface area contributed by atoms with Gasteiger partial charge in [-0.15, -0.1) is 0 Å². The lowest BCUT2D eigenvalue weighted by molar-refractivity contribution is 0.467. The molecule has 1 fully saturated rings. The minimum atomic E-state index is -0.155. The van der Waals surface area contributed by atoms with Gasteiger partial charge in [-0.1, -0.05) is 13.8 Å². The molecular formula is C16H26FN3. The zero-order valence-corrected chi connectivity index (χ0v) is 12.8. The van der Waals surface area contributed by atoms with Gasteiger partial charge in [0.2, 0.25) is 0 Å². The summed E-state index contributed by atoms with van der Waals surface area (Å²) in [6, 6.07) is 2.16. The van der Waals surface area contributed by atoms with Crippen molar-refractivity contribution in [3.8, 4) is 0 Å². The molecule has 1 unspecified atom stereocenters. The van der Waals surface area contributed by atoms with Crippen LogP contribution in [-0.4, -0.2) is 24.1 Å². The lowest BCUT2D eigenvalue weighted by Crippen LogP contribution is -2.38. The van der Waals surface area contributed by atoms with Crippen molar-refractivity contribution in [3.63, 3.8) is 0 Å². The number of anilines is 1. The third kappa shape index (κ3) is 3.69. The molecule has 1 aliphatic rings. The Kier molecular flexibility index (Phi) is 5.35. The van der Waals surface area contributed by atoms with E-state index in [4.69, 9.17) is 0 Å². The van der Waals surface area contributed by atoms with E-state index in [2.05, 4.69) is 36.0 Å². The van der Waals surface area contributed by atoms with E-state index in [-0.39, 0.29) is 5.82 Å². The molecule has 3 nitrogen and oxygen atoms in total. The summed E-state index contributed by atoms with van der Waals surface area (Å²) in [6.07, 6.45) is 5.21. The summed E-state index contributed by atoms with van der Waals surface area (Å²) in [7, 11) is 0. The van der Waals surface area contributed by atoms with Crippen LogP contribution in [0, 0.1) is 11.7 Å². The summed E-state index contributed by atoms with van der Waals surface area (Å²) >= 11 is 0. The van der Waals surface area contributed by atoms with Crippen LogP contribution in [0.2, 0.25) is 0 Å². The number of aromatic nitrogens is 1. The minimum absolute atomic E-state index is 0.155. The van der Waals surface area contributed by atoms with Gasteiger partial charge in [0.05, 0.1) is 0 Å². The average molecular weight is 279 g/mol. The van der Waals surface area contributed by atoms with E-state index in [1.807, 2.05) is 0 Å². The van der Waals surface area contributed by atoms with E-state index in [9.17, 15) is 4.39 Å². The fourth-order valence-electron chi connectivity index (χ4n) is 2.72. The predicted molar refractivity (Wildman–Crippen MR) is 81.4 cm³/mol. The van der Waals surface area contributed by atoms with Crippen LogP contribution < -0.4 is 10.2 Å². The molecule has 2 heterocycles. The van der Waals surface area contributed by atoms with Crippen molar-refractivity contribution in [1.82, 2.24) is 10.3 Å². The Morgan fingerprint density at radius 2 is 2.25 bits per heavy atom. The summed E-state index contributed by atoms with van der Waals surface area (Å²) in [5.74, 6) is 0.944. The lowest BCUT2D eigenvalue weighted by atomic mass is 10.0. The average Bonchev–Trinajstić information content (AvgIpc) is 2.41. The molecule has 2 rings (SSSR count). The van der Waals surface area contributed by atoms with E-state index in [1.54, 1.807) is 12.3 Å². The topological polar surface area (TPSA) is 28.2 Å². The number of halogens is 1. The van der Waals surface area contributed by atoms with Crippen LogP contribution in [0.3, 0.4) is 0 Å². The Balaban J connectivity index is 2.10. The van der Waals surface area contributed by atoms with Gasteiger partial charge in [0.15, 0.2) is 11.6 Å². The van der Waals surface area contributed by atoms with Crippen molar-refractivity contribution in [1.29, 1.82) is 0 Å².